The highest BCUT2D eigenvalue weighted by Gasteiger charge is 2.48. The van der Waals surface area contributed by atoms with Crippen LogP contribution in [-0.2, 0) is 22.9 Å². The van der Waals surface area contributed by atoms with Crippen LogP contribution in [0.3, 0.4) is 0 Å². The zero-order valence-electron chi connectivity index (χ0n) is 24.4. The van der Waals surface area contributed by atoms with Crippen molar-refractivity contribution >= 4 is 16.8 Å². The van der Waals surface area contributed by atoms with E-state index in [2.05, 4.69) is 93.8 Å². The van der Waals surface area contributed by atoms with Gasteiger partial charge in [-0.3, -0.25) is 0 Å². The fourth-order valence-electron chi connectivity index (χ4n) is 5.71. The molecule has 0 amide bonds. The minimum absolute atomic E-state index is 0.0805. The monoisotopic (exact) mass is 532 g/mol. The average Bonchev–Trinajstić information content (AvgIpc) is 3.04. The van der Waals surface area contributed by atoms with Gasteiger partial charge in [-0.25, -0.2) is 4.67 Å². The van der Waals surface area contributed by atoms with Crippen molar-refractivity contribution in [2.24, 2.45) is 0 Å². The third-order valence-electron chi connectivity index (χ3n) is 7.10. The van der Waals surface area contributed by atoms with E-state index in [4.69, 9.17) is 28.2 Å². The third kappa shape index (κ3) is 8.45. The van der Waals surface area contributed by atoms with E-state index in [1.54, 1.807) is 0 Å². The molecule has 0 spiro atoms. The molecule has 0 N–H and O–H groups in total. The predicted octanol–water partition coefficient (Wildman–Crippen LogP) is 7.38. The summed E-state index contributed by atoms with van der Waals surface area (Å²) in [7, 11) is -3.42. The van der Waals surface area contributed by atoms with Crippen LogP contribution < -0.4 is 0 Å². The van der Waals surface area contributed by atoms with Gasteiger partial charge in [0.2, 0.25) is 8.32 Å². The lowest BCUT2D eigenvalue weighted by Gasteiger charge is -2.42. The Labute approximate surface area is 218 Å². The van der Waals surface area contributed by atoms with Crippen LogP contribution in [0.5, 0.6) is 0 Å². The molecule has 0 saturated carbocycles. The number of hydrogen-bond acceptors (Lipinski definition) is 7. The van der Waals surface area contributed by atoms with Crippen LogP contribution >= 0.6 is 8.53 Å². The molecule has 206 valence electrons. The van der Waals surface area contributed by atoms with Gasteiger partial charge in [-0.1, -0.05) is 48.5 Å². The summed E-state index contributed by atoms with van der Waals surface area (Å²) in [5.41, 5.74) is 1.47. The van der Waals surface area contributed by atoms with Crippen LogP contribution in [0.1, 0.15) is 95.9 Å². The Bertz CT molecular complexity index is 614. The van der Waals surface area contributed by atoms with Gasteiger partial charge in [0, 0.05) is 12.1 Å². The van der Waals surface area contributed by atoms with Crippen LogP contribution in [0.25, 0.3) is 0 Å². The highest BCUT2D eigenvalue weighted by Crippen LogP contribution is 2.50. The van der Waals surface area contributed by atoms with Gasteiger partial charge in [0.1, 0.15) is 19.0 Å². The van der Waals surface area contributed by atoms with Gasteiger partial charge in [-0.2, -0.15) is 5.26 Å². The molecule has 0 aromatic carbocycles. The Balaban J connectivity index is 3.11. The predicted molar refractivity (Wildman–Crippen MR) is 147 cm³/mol. The minimum Gasteiger partial charge on any atom is -0.394 e. The van der Waals surface area contributed by atoms with Crippen LogP contribution in [-0.4, -0.2) is 62.9 Å². The first-order valence-corrected chi connectivity index (χ1v) is 16.8. The van der Waals surface area contributed by atoms with E-state index in [9.17, 15) is 0 Å². The number of nitriles is 1. The van der Waals surface area contributed by atoms with Crippen molar-refractivity contribution in [3.8, 4) is 6.07 Å². The average molecular weight is 533 g/mol. The van der Waals surface area contributed by atoms with Crippen molar-refractivity contribution in [3.05, 3.63) is 0 Å². The molecular formula is C26H53N2O5PSi. The molecule has 35 heavy (non-hydrogen) atoms. The number of ether oxygens (including phenoxy) is 2. The van der Waals surface area contributed by atoms with E-state index in [0.29, 0.717) is 29.7 Å². The lowest BCUT2D eigenvalue weighted by Crippen LogP contribution is -2.49. The van der Waals surface area contributed by atoms with E-state index < -0.39 is 16.8 Å². The molecule has 1 rings (SSSR count). The van der Waals surface area contributed by atoms with Gasteiger partial charge < -0.3 is 22.9 Å². The zero-order valence-corrected chi connectivity index (χ0v) is 26.3. The molecule has 5 unspecified atom stereocenters. The first-order valence-electron chi connectivity index (χ1n) is 13.5. The van der Waals surface area contributed by atoms with Gasteiger partial charge in [0.05, 0.1) is 31.3 Å². The molecule has 0 bridgehead atoms. The van der Waals surface area contributed by atoms with Crippen LogP contribution in [0.2, 0.25) is 16.6 Å². The first kappa shape index (κ1) is 32.9. The van der Waals surface area contributed by atoms with Gasteiger partial charge in [0.25, 0.3) is 8.53 Å². The summed E-state index contributed by atoms with van der Waals surface area (Å²) >= 11 is 0. The molecule has 1 aliphatic heterocycles. The Kier molecular flexibility index (Phi) is 14.4. The molecule has 0 aromatic heterocycles. The first-order chi connectivity index (χ1) is 16.3. The Morgan fingerprint density at radius 1 is 0.943 bits per heavy atom. The van der Waals surface area contributed by atoms with Gasteiger partial charge >= 0.3 is 0 Å². The van der Waals surface area contributed by atoms with Gasteiger partial charge in [-0.05, 0) is 57.7 Å². The maximum absolute atomic E-state index is 9.03. The molecule has 0 aromatic rings. The summed E-state index contributed by atoms with van der Waals surface area (Å²) < 4.78 is 34.5. The van der Waals surface area contributed by atoms with Crippen molar-refractivity contribution in [1.29, 1.82) is 5.26 Å². The van der Waals surface area contributed by atoms with Gasteiger partial charge in [0.15, 0.2) is 0 Å². The number of hydrogen-bond donors (Lipinski definition) is 0. The third-order valence-corrected chi connectivity index (χ3v) is 15.3. The fourth-order valence-corrected chi connectivity index (χ4v) is 12.7. The minimum atomic E-state index is -2.04. The van der Waals surface area contributed by atoms with E-state index in [1.807, 2.05) is 0 Å². The number of nitrogens with zero attached hydrogens (tertiary/aromatic N) is 2. The van der Waals surface area contributed by atoms with Crippen LogP contribution in [0.15, 0.2) is 0 Å². The lowest BCUT2D eigenvalue weighted by atomic mass is 10.1. The van der Waals surface area contributed by atoms with E-state index in [1.165, 1.54) is 0 Å². The molecule has 7 nitrogen and oxygen atoms in total. The SMILES string of the molecule is CCC1OC(C)C(OCO[Si](C(C)C)(C(C)C)C(C)C)C1OP(OCCC#N)N(C(C)C)C(C)C. The van der Waals surface area contributed by atoms with Crippen LogP contribution in [0.4, 0.5) is 0 Å². The Morgan fingerprint density at radius 2 is 1.49 bits per heavy atom. The van der Waals surface area contributed by atoms with Crippen molar-refractivity contribution < 1.29 is 22.9 Å². The Morgan fingerprint density at radius 3 is 1.91 bits per heavy atom. The van der Waals surface area contributed by atoms with E-state index in [0.717, 1.165) is 6.42 Å². The molecule has 0 radical (unpaired) electrons. The quantitative estimate of drug-likeness (QED) is 0.0888. The smallest absolute Gasteiger partial charge is 0.259 e. The second kappa shape index (κ2) is 15.3. The molecule has 9 heteroatoms. The molecule has 5 atom stereocenters. The second-order valence-corrected chi connectivity index (χ2v) is 18.0. The summed E-state index contributed by atoms with van der Waals surface area (Å²) in [6.45, 7) is 27.0. The van der Waals surface area contributed by atoms with Crippen molar-refractivity contribution in [2.45, 2.75) is 149 Å². The summed E-state index contributed by atoms with van der Waals surface area (Å²) in [6, 6.07) is 2.64. The van der Waals surface area contributed by atoms with Crippen LogP contribution in [0, 0.1) is 11.3 Å². The normalized spacial score (nSPS) is 24.5. The molecule has 1 aliphatic rings. The van der Waals surface area contributed by atoms with Gasteiger partial charge in [-0.15, -0.1) is 0 Å². The maximum atomic E-state index is 9.03. The maximum Gasteiger partial charge on any atom is 0.259 e. The summed E-state index contributed by atoms with van der Waals surface area (Å²) in [6.07, 6.45) is 0.459. The topological polar surface area (TPSA) is 73.2 Å². The second-order valence-electron chi connectivity index (χ2n) is 11.1. The van der Waals surface area contributed by atoms with E-state index in [-0.39, 0.29) is 43.3 Å². The summed E-state index contributed by atoms with van der Waals surface area (Å²) in [5, 5.41) is 9.03. The van der Waals surface area contributed by atoms with E-state index >= 15 is 0 Å². The molecule has 1 saturated heterocycles. The molecule has 1 fully saturated rings. The highest BCUT2D eigenvalue weighted by atomic mass is 31.2. The molecule has 0 aliphatic carbocycles. The lowest BCUT2D eigenvalue weighted by molar-refractivity contribution is -0.0891. The highest BCUT2D eigenvalue weighted by molar-refractivity contribution is 7.44. The fraction of sp³-hybridized carbons (Fsp3) is 0.962. The molecular weight excluding hydrogens is 479 g/mol. The van der Waals surface area contributed by atoms with Crippen molar-refractivity contribution in [1.82, 2.24) is 4.67 Å². The largest absolute Gasteiger partial charge is 0.394 e. The summed E-state index contributed by atoms with van der Waals surface area (Å²) in [4.78, 5) is 0. The van der Waals surface area contributed by atoms with Crippen molar-refractivity contribution in [3.63, 3.8) is 0 Å². The Hall–Kier alpha value is -0.103. The van der Waals surface area contributed by atoms with Crippen molar-refractivity contribution in [2.75, 3.05) is 13.4 Å². The standard InChI is InChI=1S/C26H53N2O5PSi/c1-13-24-26(33-34(30-16-14-15-27)28(18(2)3)19(4)5)25(23(12)32-24)29-17-31-35(20(6)7,21(8)9)22(10)11/h18-26H,13-14,16-17H2,1-12H3. The zero-order chi connectivity index (χ0) is 26.9. The summed E-state index contributed by atoms with van der Waals surface area (Å²) in [5.74, 6) is 0. The molecule has 1 heterocycles. The number of rotatable bonds is 16.